The summed E-state index contributed by atoms with van der Waals surface area (Å²) in [5, 5.41) is 0.633. The Kier molecular flexibility index (Phi) is 7.31. The first kappa shape index (κ1) is 24.2. The second-order valence-electron chi connectivity index (χ2n) is 7.98. The molecule has 4 aromatic rings. The number of hydrogen-bond donors (Lipinski definition) is 0. The van der Waals surface area contributed by atoms with E-state index in [1.165, 1.54) is 28.5 Å². The zero-order valence-corrected chi connectivity index (χ0v) is 21.2. The Morgan fingerprint density at radius 3 is 2.37 bits per heavy atom. The zero-order valence-electron chi connectivity index (χ0n) is 20.4. The van der Waals surface area contributed by atoms with Crippen LogP contribution in [-0.4, -0.2) is 37.2 Å². The number of hydrogen-bond acceptors (Lipinski definition) is 7. The van der Waals surface area contributed by atoms with Gasteiger partial charge in [0, 0.05) is 18.5 Å². The van der Waals surface area contributed by atoms with Gasteiger partial charge in [-0.1, -0.05) is 17.4 Å². The number of aryl methyl sites for hydroxylation is 2. The molecule has 1 amide bonds. The van der Waals surface area contributed by atoms with Gasteiger partial charge in [-0.3, -0.25) is 14.7 Å². The predicted octanol–water partition coefficient (Wildman–Crippen LogP) is 5.58. The van der Waals surface area contributed by atoms with Crippen molar-refractivity contribution in [3.05, 3.63) is 77.1 Å². The molecule has 0 unspecified atom stereocenters. The Balaban J connectivity index is 1.70. The van der Waals surface area contributed by atoms with Crippen LogP contribution < -0.4 is 19.1 Å². The molecule has 7 nitrogen and oxygen atoms in total. The smallest absolute Gasteiger partial charge is 0.253 e. The average Bonchev–Trinajstić information content (AvgIpc) is 3.27. The third kappa shape index (κ3) is 5.27. The molecular formula is C27H27N3O4S. The average molecular weight is 490 g/mol. The lowest BCUT2D eigenvalue weighted by Gasteiger charge is -2.18. The van der Waals surface area contributed by atoms with Crippen LogP contribution in [0.25, 0.3) is 16.3 Å². The summed E-state index contributed by atoms with van der Waals surface area (Å²) in [6.45, 7) is 4.49. The summed E-state index contributed by atoms with van der Waals surface area (Å²) in [6.07, 6.45) is 6.72. The van der Waals surface area contributed by atoms with E-state index in [-0.39, 0.29) is 5.91 Å². The summed E-state index contributed by atoms with van der Waals surface area (Å²) >= 11 is 1.50. The quantitative estimate of drug-likeness (QED) is 0.301. The molecule has 0 saturated carbocycles. The molecule has 0 radical (unpaired) electrons. The lowest BCUT2D eigenvalue weighted by atomic mass is 10.1. The van der Waals surface area contributed by atoms with Crippen molar-refractivity contribution >= 4 is 38.7 Å². The third-order valence-corrected chi connectivity index (χ3v) is 6.70. The lowest BCUT2D eigenvalue weighted by Crippen LogP contribution is -2.28. The van der Waals surface area contributed by atoms with Gasteiger partial charge in [0.05, 0.1) is 38.1 Å². The fraction of sp³-hybridized carbons (Fsp3) is 0.222. The summed E-state index contributed by atoms with van der Waals surface area (Å²) in [4.78, 5) is 24.1. The zero-order chi connectivity index (χ0) is 24.9. The highest BCUT2D eigenvalue weighted by Crippen LogP contribution is 2.38. The second kappa shape index (κ2) is 10.6. The number of rotatable bonds is 8. The van der Waals surface area contributed by atoms with Crippen LogP contribution in [0.3, 0.4) is 0 Å². The maximum absolute atomic E-state index is 13.5. The number of carbonyl (C=O) groups excluding carboxylic acids is 1. The minimum absolute atomic E-state index is 0.199. The summed E-state index contributed by atoms with van der Waals surface area (Å²) in [5.41, 5.74) is 4.89. The van der Waals surface area contributed by atoms with Gasteiger partial charge in [-0.15, -0.1) is 0 Å². The van der Waals surface area contributed by atoms with Gasteiger partial charge in [0.15, 0.2) is 16.6 Å². The van der Waals surface area contributed by atoms with E-state index >= 15 is 0 Å². The summed E-state index contributed by atoms with van der Waals surface area (Å²) < 4.78 is 17.3. The van der Waals surface area contributed by atoms with Gasteiger partial charge in [0.25, 0.3) is 5.91 Å². The number of fused-ring (bicyclic) bond motifs is 1. The number of carbonyl (C=O) groups is 1. The second-order valence-corrected chi connectivity index (χ2v) is 8.99. The molecule has 0 spiro atoms. The molecular weight excluding hydrogens is 462 g/mol. The van der Waals surface area contributed by atoms with Gasteiger partial charge in [-0.2, -0.15) is 0 Å². The molecule has 0 aliphatic heterocycles. The van der Waals surface area contributed by atoms with Gasteiger partial charge in [0.1, 0.15) is 0 Å². The van der Waals surface area contributed by atoms with E-state index in [1.54, 1.807) is 56.8 Å². The van der Waals surface area contributed by atoms with Crippen molar-refractivity contribution in [2.24, 2.45) is 0 Å². The molecule has 2 heterocycles. The lowest BCUT2D eigenvalue weighted by molar-refractivity contribution is -0.114. The molecule has 0 aliphatic carbocycles. The number of pyridine rings is 1. The van der Waals surface area contributed by atoms with Gasteiger partial charge >= 0.3 is 0 Å². The largest absolute Gasteiger partial charge is 0.493 e. The van der Waals surface area contributed by atoms with Gasteiger partial charge < -0.3 is 14.2 Å². The molecule has 0 bridgehead atoms. The van der Waals surface area contributed by atoms with Crippen molar-refractivity contribution in [1.82, 2.24) is 9.97 Å². The van der Waals surface area contributed by atoms with E-state index in [0.29, 0.717) is 28.9 Å². The fourth-order valence-electron chi connectivity index (χ4n) is 3.65. The van der Waals surface area contributed by atoms with E-state index in [1.807, 2.05) is 12.1 Å². The Morgan fingerprint density at radius 2 is 1.74 bits per heavy atom. The van der Waals surface area contributed by atoms with Crippen LogP contribution in [0.5, 0.6) is 17.2 Å². The summed E-state index contributed by atoms with van der Waals surface area (Å²) in [5.74, 6) is 1.33. The van der Waals surface area contributed by atoms with E-state index in [2.05, 4.69) is 31.0 Å². The van der Waals surface area contributed by atoms with Crippen molar-refractivity contribution in [2.75, 3.05) is 26.2 Å². The minimum Gasteiger partial charge on any atom is -0.493 e. The first-order valence-corrected chi connectivity index (χ1v) is 11.8. The molecule has 0 fully saturated rings. The van der Waals surface area contributed by atoms with Crippen molar-refractivity contribution in [2.45, 2.75) is 20.4 Å². The highest BCUT2D eigenvalue weighted by atomic mass is 32.1. The van der Waals surface area contributed by atoms with Gasteiger partial charge in [-0.25, -0.2) is 4.98 Å². The normalized spacial score (nSPS) is 11.1. The van der Waals surface area contributed by atoms with E-state index in [9.17, 15) is 4.79 Å². The number of ether oxygens (including phenoxy) is 3. The minimum atomic E-state index is -0.199. The SMILES string of the molecule is COc1cc(/C=C/C(=O)N(Cc2cccnc2)c2nc3cc(C)c(C)cc3s2)cc(OC)c1OC. The van der Waals surface area contributed by atoms with E-state index < -0.39 is 0 Å². The first-order valence-electron chi connectivity index (χ1n) is 11.0. The third-order valence-electron chi connectivity index (χ3n) is 5.66. The van der Waals surface area contributed by atoms with Gasteiger partial charge in [0.2, 0.25) is 5.75 Å². The molecule has 0 atom stereocenters. The van der Waals surface area contributed by atoms with Crippen LogP contribution in [0.2, 0.25) is 0 Å². The Bertz CT molecular complexity index is 1320. The Labute approximate surface area is 208 Å². The molecule has 2 aromatic carbocycles. The standard InChI is InChI=1S/C27H27N3O4S/c1-17-11-21-24(12-18(17)2)35-27(29-21)30(16-20-7-6-10-28-15-20)25(31)9-8-19-13-22(32-3)26(34-5)23(14-19)33-4/h6-15H,16H2,1-5H3/b9-8+. The highest BCUT2D eigenvalue weighted by Gasteiger charge is 2.19. The molecule has 0 saturated heterocycles. The molecule has 2 aromatic heterocycles. The van der Waals surface area contributed by atoms with Crippen molar-refractivity contribution in [3.63, 3.8) is 0 Å². The molecule has 4 rings (SSSR count). The van der Waals surface area contributed by atoms with Crippen LogP contribution >= 0.6 is 11.3 Å². The number of benzene rings is 2. The van der Waals surface area contributed by atoms with Crippen molar-refractivity contribution in [1.29, 1.82) is 0 Å². The highest BCUT2D eigenvalue weighted by molar-refractivity contribution is 7.22. The van der Waals surface area contributed by atoms with Crippen molar-refractivity contribution < 1.29 is 19.0 Å². The summed E-state index contributed by atoms with van der Waals surface area (Å²) in [6, 6.07) is 11.6. The van der Waals surface area contributed by atoms with E-state index in [4.69, 9.17) is 19.2 Å². The predicted molar refractivity (Wildman–Crippen MR) is 140 cm³/mol. The fourth-order valence-corrected chi connectivity index (χ4v) is 4.70. The number of amides is 1. The molecule has 180 valence electrons. The number of thiazole rings is 1. The number of nitrogens with zero attached hydrogens (tertiary/aromatic N) is 3. The molecule has 35 heavy (non-hydrogen) atoms. The monoisotopic (exact) mass is 489 g/mol. The number of aromatic nitrogens is 2. The van der Waals surface area contributed by atoms with Crippen LogP contribution in [0.4, 0.5) is 5.13 Å². The maximum Gasteiger partial charge on any atom is 0.253 e. The Hall–Kier alpha value is -3.91. The maximum atomic E-state index is 13.5. The Morgan fingerprint density at radius 1 is 1.03 bits per heavy atom. The van der Waals surface area contributed by atoms with Crippen LogP contribution in [0.15, 0.2) is 54.9 Å². The number of methoxy groups -OCH3 is 3. The van der Waals surface area contributed by atoms with Crippen LogP contribution in [0.1, 0.15) is 22.3 Å². The first-order chi connectivity index (χ1) is 16.9. The topological polar surface area (TPSA) is 73.8 Å². The van der Waals surface area contributed by atoms with Crippen LogP contribution in [0, 0.1) is 13.8 Å². The molecule has 8 heteroatoms. The molecule has 0 N–H and O–H groups in total. The van der Waals surface area contributed by atoms with E-state index in [0.717, 1.165) is 21.3 Å². The molecule has 0 aliphatic rings. The van der Waals surface area contributed by atoms with Gasteiger partial charge in [-0.05, 0) is 72.5 Å². The van der Waals surface area contributed by atoms with Crippen molar-refractivity contribution in [3.8, 4) is 17.2 Å². The van der Waals surface area contributed by atoms with Crippen LogP contribution in [-0.2, 0) is 11.3 Å². The number of anilines is 1. The summed E-state index contributed by atoms with van der Waals surface area (Å²) in [7, 11) is 4.67.